The number of aromatic nitrogens is 2. The van der Waals surface area contributed by atoms with Gasteiger partial charge < -0.3 is 15.0 Å². The van der Waals surface area contributed by atoms with Crippen molar-refractivity contribution in [2.24, 2.45) is 0 Å². The first-order valence-corrected chi connectivity index (χ1v) is 6.62. The maximum absolute atomic E-state index is 5.62. The van der Waals surface area contributed by atoms with E-state index in [-0.39, 0.29) is 6.10 Å². The quantitative estimate of drug-likeness (QED) is 0.870. The molecule has 1 aromatic heterocycles. The van der Waals surface area contributed by atoms with E-state index in [1.165, 1.54) is 0 Å². The summed E-state index contributed by atoms with van der Waals surface area (Å²) in [5.74, 6) is 0.942. The number of rotatable bonds is 4. The van der Waals surface area contributed by atoms with Gasteiger partial charge in [0.15, 0.2) is 5.82 Å². The molecule has 1 saturated heterocycles. The molecule has 0 aromatic carbocycles. The molecule has 0 aliphatic carbocycles. The third kappa shape index (κ3) is 3.17. The third-order valence-electron chi connectivity index (χ3n) is 3.16. The van der Waals surface area contributed by atoms with Crippen molar-refractivity contribution in [3.63, 3.8) is 0 Å². The smallest absolute Gasteiger partial charge is 0.151 e. The van der Waals surface area contributed by atoms with E-state index in [1.54, 1.807) is 0 Å². The molecule has 18 heavy (non-hydrogen) atoms. The van der Waals surface area contributed by atoms with Crippen molar-refractivity contribution in [1.29, 1.82) is 0 Å². The molecule has 1 aliphatic heterocycles. The molecule has 0 saturated carbocycles. The minimum Gasteiger partial charge on any atom is -0.375 e. The highest BCUT2D eigenvalue weighted by molar-refractivity contribution is 5.39. The van der Waals surface area contributed by atoms with Gasteiger partial charge in [-0.25, -0.2) is 0 Å². The summed E-state index contributed by atoms with van der Waals surface area (Å²) in [6.07, 6.45) is 0.254. The largest absolute Gasteiger partial charge is 0.375 e. The van der Waals surface area contributed by atoms with Crippen molar-refractivity contribution in [2.45, 2.75) is 39.5 Å². The Kier molecular flexibility index (Phi) is 4.49. The SMILES string of the molecule is CCNCc1ccc(N2CC(C)OCC2C)nn1. The van der Waals surface area contributed by atoms with E-state index in [1.807, 2.05) is 12.1 Å². The highest BCUT2D eigenvalue weighted by Gasteiger charge is 2.24. The fraction of sp³-hybridized carbons (Fsp3) is 0.692. The Hall–Kier alpha value is -1.20. The Balaban J connectivity index is 2.03. The molecule has 2 heterocycles. The van der Waals surface area contributed by atoms with E-state index < -0.39 is 0 Å². The van der Waals surface area contributed by atoms with Crippen molar-refractivity contribution in [2.75, 3.05) is 24.6 Å². The molecule has 0 amide bonds. The molecule has 0 bridgehead atoms. The van der Waals surface area contributed by atoms with Crippen LogP contribution in [0.5, 0.6) is 0 Å². The molecule has 0 spiro atoms. The third-order valence-corrected chi connectivity index (χ3v) is 3.16. The van der Waals surface area contributed by atoms with Crippen LogP contribution in [-0.2, 0) is 11.3 Å². The minimum absolute atomic E-state index is 0.254. The lowest BCUT2D eigenvalue weighted by atomic mass is 10.2. The zero-order chi connectivity index (χ0) is 13.0. The van der Waals surface area contributed by atoms with E-state index in [9.17, 15) is 0 Å². The van der Waals surface area contributed by atoms with E-state index >= 15 is 0 Å². The number of ether oxygens (including phenoxy) is 1. The molecule has 1 aromatic rings. The average Bonchev–Trinajstić information content (AvgIpc) is 2.40. The fourth-order valence-corrected chi connectivity index (χ4v) is 2.08. The van der Waals surface area contributed by atoms with Crippen molar-refractivity contribution < 1.29 is 4.74 Å². The first-order valence-electron chi connectivity index (χ1n) is 6.62. The maximum Gasteiger partial charge on any atom is 0.151 e. The lowest BCUT2D eigenvalue weighted by molar-refractivity contribution is 0.0340. The molecule has 2 rings (SSSR count). The van der Waals surface area contributed by atoms with E-state index in [0.29, 0.717) is 6.04 Å². The summed E-state index contributed by atoms with van der Waals surface area (Å²) in [5, 5.41) is 11.8. The Labute approximate surface area is 109 Å². The summed E-state index contributed by atoms with van der Waals surface area (Å²) >= 11 is 0. The number of anilines is 1. The molecule has 1 N–H and O–H groups in total. The second-order valence-corrected chi connectivity index (χ2v) is 4.81. The van der Waals surface area contributed by atoms with Crippen LogP contribution in [-0.4, -0.2) is 42.0 Å². The molecular formula is C13H22N4O. The van der Waals surface area contributed by atoms with Crippen molar-refractivity contribution >= 4 is 5.82 Å². The second-order valence-electron chi connectivity index (χ2n) is 4.81. The predicted molar refractivity (Wildman–Crippen MR) is 71.6 cm³/mol. The summed E-state index contributed by atoms with van der Waals surface area (Å²) < 4.78 is 5.62. The molecule has 2 atom stereocenters. The zero-order valence-corrected chi connectivity index (χ0v) is 11.4. The lowest BCUT2D eigenvalue weighted by Gasteiger charge is -2.37. The normalized spacial score (nSPS) is 24.3. The summed E-state index contributed by atoms with van der Waals surface area (Å²) in [6.45, 7) is 9.68. The number of nitrogens with one attached hydrogen (secondary N) is 1. The molecular weight excluding hydrogens is 228 g/mol. The Morgan fingerprint density at radius 1 is 1.39 bits per heavy atom. The number of hydrogen-bond acceptors (Lipinski definition) is 5. The summed E-state index contributed by atoms with van der Waals surface area (Å²) in [5.41, 5.74) is 0.981. The van der Waals surface area contributed by atoms with Gasteiger partial charge in [0.25, 0.3) is 0 Å². The summed E-state index contributed by atoms with van der Waals surface area (Å²) in [7, 11) is 0. The first kappa shape index (κ1) is 13.2. The first-order chi connectivity index (χ1) is 8.70. The van der Waals surface area contributed by atoms with E-state index in [4.69, 9.17) is 4.74 Å². The molecule has 0 radical (unpaired) electrons. The maximum atomic E-state index is 5.62. The predicted octanol–water partition coefficient (Wildman–Crippen LogP) is 1.20. The van der Waals surface area contributed by atoms with Crippen LogP contribution in [0, 0.1) is 0 Å². The van der Waals surface area contributed by atoms with E-state index in [2.05, 4.69) is 41.2 Å². The topological polar surface area (TPSA) is 50.3 Å². The van der Waals surface area contributed by atoms with Crippen molar-refractivity contribution in [1.82, 2.24) is 15.5 Å². The van der Waals surface area contributed by atoms with Crippen molar-refractivity contribution in [3.05, 3.63) is 17.8 Å². The van der Waals surface area contributed by atoms with Gasteiger partial charge in [0.05, 0.1) is 24.4 Å². The summed E-state index contributed by atoms with van der Waals surface area (Å²) in [4.78, 5) is 2.26. The number of hydrogen-bond donors (Lipinski definition) is 1. The van der Waals surface area contributed by atoms with Gasteiger partial charge in [-0.1, -0.05) is 6.92 Å². The monoisotopic (exact) mass is 250 g/mol. The van der Waals surface area contributed by atoms with Gasteiger partial charge in [0, 0.05) is 13.1 Å². The van der Waals surface area contributed by atoms with Gasteiger partial charge in [0.2, 0.25) is 0 Å². The Morgan fingerprint density at radius 2 is 2.22 bits per heavy atom. The standard InChI is InChI=1S/C13H22N4O/c1-4-14-7-12-5-6-13(16-15-12)17-8-11(3)18-9-10(17)2/h5-6,10-11,14H,4,7-9H2,1-3H3. The van der Waals surface area contributed by atoms with Gasteiger partial charge in [-0.3, -0.25) is 0 Å². The summed E-state index contributed by atoms with van der Waals surface area (Å²) in [6, 6.07) is 4.45. The van der Waals surface area contributed by atoms with E-state index in [0.717, 1.165) is 37.8 Å². The van der Waals surface area contributed by atoms with Crippen LogP contribution in [0.2, 0.25) is 0 Å². The Bertz CT molecular complexity index is 368. The molecule has 2 unspecified atom stereocenters. The highest BCUT2D eigenvalue weighted by atomic mass is 16.5. The molecule has 100 valence electrons. The number of morpholine rings is 1. The van der Waals surface area contributed by atoms with Gasteiger partial charge in [-0.15, -0.1) is 5.10 Å². The van der Waals surface area contributed by atoms with Crippen molar-refractivity contribution in [3.8, 4) is 0 Å². The van der Waals surface area contributed by atoms with Crippen LogP contribution < -0.4 is 10.2 Å². The lowest BCUT2D eigenvalue weighted by Crippen LogP contribution is -2.47. The van der Waals surface area contributed by atoms with Gasteiger partial charge >= 0.3 is 0 Å². The second kappa shape index (κ2) is 6.11. The molecule has 5 heteroatoms. The van der Waals surface area contributed by atoms with Crippen LogP contribution in [0.4, 0.5) is 5.82 Å². The van der Waals surface area contributed by atoms with Crippen LogP contribution in [0.1, 0.15) is 26.5 Å². The number of nitrogens with zero attached hydrogens (tertiary/aromatic N) is 3. The fourth-order valence-electron chi connectivity index (χ4n) is 2.08. The molecule has 1 fully saturated rings. The minimum atomic E-state index is 0.254. The molecule has 5 nitrogen and oxygen atoms in total. The highest BCUT2D eigenvalue weighted by Crippen LogP contribution is 2.18. The van der Waals surface area contributed by atoms with Gasteiger partial charge in [0.1, 0.15) is 0 Å². The van der Waals surface area contributed by atoms with Gasteiger partial charge in [-0.2, -0.15) is 5.10 Å². The van der Waals surface area contributed by atoms with Crippen LogP contribution in [0.3, 0.4) is 0 Å². The molecule has 1 aliphatic rings. The Morgan fingerprint density at radius 3 is 2.89 bits per heavy atom. The zero-order valence-electron chi connectivity index (χ0n) is 11.4. The van der Waals surface area contributed by atoms with Crippen LogP contribution in [0.15, 0.2) is 12.1 Å². The van der Waals surface area contributed by atoms with Crippen LogP contribution in [0.25, 0.3) is 0 Å². The van der Waals surface area contributed by atoms with Crippen LogP contribution >= 0.6 is 0 Å². The average molecular weight is 250 g/mol. The van der Waals surface area contributed by atoms with Gasteiger partial charge in [-0.05, 0) is 32.5 Å².